The summed E-state index contributed by atoms with van der Waals surface area (Å²) in [5.74, 6) is -0.201. The van der Waals surface area contributed by atoms with Gasteiger partial charge < -0.3 is 14.7 Å². The molecule has 0 saturated heterocycles. The third kappa shape index (κ3) is 2.69. The van der Waals surface area contributed by atoms with Crippen molar-refractivity contribution in [2.75, 3.05) is 0 Å². The molecular formula is C15H11FN2O3. The van der Waals surface area contributed by atoms with Crippen molar-refractivity contribution in [3.63, 3.8) is 0 Å². The second-order valence-corrected chi connectivity index (χ2v) is 4.49. The van der Waals surface area contributed by atoms with Crippen LogP contribution in [-0.4, -0.2) is 20.4 Å². The largest absolute Gasteiger partial charge is 0.507 e. The van der Waals surface area contributed by atoms with Crippen LogP contribution in [-0.2, 0) is 6.42 Å². The van der Waals surface area contributed by atoms with Crippen LogP contribution in [0.5, 0.6) is 11.5 Å². The summed E-state index contributed by atoms with van der Waals surface area (Å²) in [7, 11) is 0. The Morgan fingerprint density at radius 3 is 2.33 bits per heavy atom. The first-order valence-corrected chi connectivity index (χ1v) is 6.22. The molecule has 6 heteroatoms. The first kappa shape index (κ1) is 13.1. The minimum atomic E-state index is -0.313. The average molecular weight is 286 g/mol. The van der Waals surface area contributed by atoms with Crippen LogP contribution >= 0.6 is 0 Å². The molecule has 0 saturated carbocycles. The summed E-state index contributed by atoms with van der Waals surface area (Å²) < 4.78 is 17.9. The third-order valence-corrected chi connectivity index (χ3v) is 2.98. The number of hydrogen-bond donors (Lipinski definition) is 2. The highest BCUT2D eigenvalue weighted by molar-refractivity contribution is 5.69. The maximum atomic E-state index is 12.8. The molecule has 0 atom stereocenters. The number of halogens is 1. The summed E-state index contributed by atoms with van der Waals surface area (Å²) in [5.41, 5.74) is 0.917. The summed E-state index contributed by atoms with van der Waals surface area (Å²) in [6, 6.07) is 10.3. The van der Waals surface area contributed by atoms with E-state index in [1.54, 1.807) is 12.1 Å². The molecule has 0 unspecified atom stereocenters. The van der Waals surface area contributed by atoms with E-state index in [1.807, 2.05) is 0 Å². The van der Waals surface area contributed by atoms with Gasteiger partial charge in [-0.05, 0) is 29.8 Å². The highest BCUT2D eigenvalue weighted by atomic mass is 19.1. The van der Waals surface area contributed by atoms with Gasteiger partial charge in [-0.15, -0.1) is 0 Å². The molecule has 5 nitrogen and oxygen atoms in total. The molecule has 1 heterocycles. The van der Waals surface area contributed by atoms with E-state index in [9.17, 15) is 14.6 Å². The van der Waals surface area contributed by atoms with Crippen molar-refractivity contribution in [1.82, 2.24) is 10.1 Å². The van der Waals surface area contributed by atoms with Gasteiger partial charge in [0, 0.05) is 6.42 Å². The molecule has 0 fully saturated rings. The normalized spacial score (nSPS) is 10.7. The van der Waals surface area contributed by atoms with Crippen molar-refractivity contribution in [3.05, 3.63) is 59.7 Å². The highest BCUT2D eigenvalue weighted by Gasteiger charge is 2.17. The van der Waals surface area contributed by atoms with Crippen molar-refractivity contribution in [2.45, 2.75) is 6.42 Å². The maximum absolute atomic E-state index is 12.8. The van der Waals surface area contributed by atoms with Gasteiger partial charge in [0.05, 0.1) is 0 Å². The number of aromatic nitrogens is 2. The van der Waals surface area contributed by atoms with E-state index < -0.39 is 0 Å². The Kier molecular flexibility index (Phi) is 3.27. The molecule has 106 valence electrons. The van der Waals surface area contributed by atoms with E-state index in [2.05, 4.69) is 10.1 Å². The zero-order valence-electron chi connectivity index (χ0n) is 10.8. The number of benzene rings is 2. The SMILES string of the molecule is Oc1cccc(O)c1-c1nc(Cc2ccc(F)cc2)no1. The van der Waals surface area contributed by atoms with Crippen molar-refractivity contribution in [2.24, 2.45) is 0 Å². The lowest BCUT2D eigenvalue weighted by atomic mass is 10.1. The summed E-state index contributed by atoms with van der Waals surface area (Å²) in [6.07, 6.45) is 0.359. The Morgan fingerprint density at radius 1 is 1.00 bits per heavy atom. The van der Waals surface area contributed by atoms with E-state index >= 15 is 0 Å². The Balaban J connectivity index is 1.88. The van der Waals surface area contributed by atoms with Gasteiger partial charge in [-0.3, -0.25) is 0 Å². The van der Waals surface area contributed by atoms with Gasteiger partial charge >= 0.3 is 0 Å². The lowest BCUT2D eigenvalue weighted by Crippen LogP contribution is -1.91. The molecule has 0 aliphatic rings. The van der Waals surface area contributed by atoms with Crippen LogP contribution in [0.4, 0.5) is 4.39 Å². The Hall–Kier alpha value is -2.89. The second kappa shape index (κ2) is 5.24. The number of hydrogen-bond acceptors (Lipinski definition) is 5. The quantitative estimate of drug-likeness (QED) is 0.774. The van der Waals surface area contributed by atoms with E-state index in [1.165, 1.54) is 30.3 Å². The van der Waals surface area contributed by atoms with Crippen LogP contribution in [0.15, 0.2) is 47.0 Å². The molecule has 3 aromatic rings. The van der Waals surface area contributed by atoms with E-state index in [0.717, 1.165) is 5.56 Å². The fourth-order valence-electron chi connectivity index (χ4n) is 1.96. The number of rotatable bonds is 3. The Morgan fingerprint density at radius 2 is 1.67 bits per heavy atom. The van der Waals surface area contributed by atoms with Crippen LogP contribution in [0.1, 0.15) is 11.4 Å². The minimum Gasteiger partial charge on any atom is -0.507 e. The third-order valence-electron chi connectivity index (χ3n) is 2.98. The Bertz CT molecular complexity index is 749. The van der Waals surface area contributed by atoms with Crippen molar-refractivity contribution >= 4 is 0 Å². The van der Waals surface area contributed by atoms with Crippen molar-refractivity contribution in [1.29, 1.82) is 0 Å². The lowest BCUT2D eigenvalue weighted by molar-refractivity contribution is 0.410. The van der Waals surface area contributed by atoms with Crippen LogP contribution < -0.4 is 0 Å². The molecule has 0 spiro atoms. The molecule has 0 bridgehead atoms. The predicted molar refractivity (Wildman–Crippen MR) is 72.3 cm³/mol. The van der Waals surface area contributed by atoms with Crippen LogP contribution in [0, 0.1) is 5.82 Å². The fraction of sp³-hybridized carbons (Fsp3) is 0.0667. The monoisotopic (exact) mass is 286 g/mol. The zero-order chi connectivity index (χ0) is 14.8. The highest BCUT2D eigenvalue weighted by Crippen LogP contribution is 2.35. The number of nitrogens with zero attached hydrogens (tertiary/aromatic N) is 2. The lowest BCUT2D eigenvalue weighted by Gasteiger charge is -2.01. The minimum absolute atomic E-state index is 0.0303. The fourth-order valence-corrected chi connectivity index (χ4v) is 1.96. The number of aromatic hydroxyl groups is 2. The van der Waals surface area contributed by atoms with Gasteiger partial charge in [0.25, 0.3) is 5.89 Å². The molecule has 0 radical (unpaired) electrons. The first-order chi connectivity index (χ1) is 10.1. The molecule has 0 aliphatic heterocycles. The topological polar surface area (TPSA) is 79.4 Å². The maximum Gasteiger partial charge on any atom is 0.265 e. The van der Waals surface area contributed by atoms with Crippen LogP contribution in [0.2, 0.25) is 0 Å². The van der Waals surface area contributed by atoms with E-state index in [0.29, 0.717) is 12.2 Å². The van der Waals surface area contributed by atoms with Gasteiger partial charge in [0.15, 0.2) is 5.82 Å². The molecule has 2 aromatic carbocycles. The summed E-state index contributed by atoms with van der Waals surface area (Å²) in [4.78, 5) is 4.13. The summed E-state index contributed by atoms with van der Waals surface area (Å²) in [6.45, 7) is 0. The molecule has 21 heavy (non-hydrogen) atoms. The van der Waals surface area contributed by atoms with Crippen LogP contribution in [0.3, 0.4) is 0 Å². The predicted octanol–water partition coefficient (Wildman–Crippen LogP) is 2.88. The molecule has 0 amide bonds. The second-order valence-electron chi connectivity index (χ2n) is 4.49. The first-order valence-electron chi connectivity index (χ1n) is 6.22. The molecule has 2 N–H and O–H groups in total. The number of phenolic OH excluding ortho intramolecular Hbond substituents is 2. The zero-order valence-corrected chi connectivity index (χ0v) is 10.8. The van der Waals surface area contributed by atoms with Gasteiger partial charge in [-0.2, -0.15) is 4.98 Å². The standard InChI is InChI=1S/C15H11FN2O3/c16-10-6-4-9(5-7-10)8-13-17-15(21-18-13)14-11(19)2-1-3-12(14)20/h1-7,19-20H,8H2. The summed E-state index contributed by atoms with van der Waals surface area (Å²) >= 11 is 0. The number of phenols is 2. The van der Waals surface area contributed by atoms with Gasteiger partial charge in [-0.1, -0.05) is 23.4 Å². The van der Waals surface area contributed by atoms with Gasteiger partial charge in [0.2, 0.25) is 0 Å². The summed E-state index contributed by atoms with van der Waals surface area (Å²) in [5, 5.41) is 23.3. The smallest absolute Gasteiger partial charge is 0.265 e. The molecular weight excluding hydrogens is 275 g/mol. The Labute approximate surface area is 119 Å². The molecule has 1 aromatic heterocycles. The molecule has 3 rings (SSSR count). The van der Waals surface area contributed by atoms with Gasteiger partial charge in [-0.25, -0.2) is 4.39 Å². The van der Waals surface area contributed by atoms with Crippen LogP contribution in [0.25, 0.3) is 11.5 Å². The van der Waals surface area contributed by atoms with Gasteiger partial charge in [0.1, 0.15) is 22.9 Å². The van der Waals surface area contributed by atoms with Crippen molar-refractivity contribution < 1.29 is 19.1 Å². The van der Waals surface area contributed by atoms with E-state index in [4.69, 9.17) is 4.52 Å². The molecule has 0 aliphatic carbocycles. The average Bonchev–Trinajstić information content (AvgIpc) is 2.89. The van der Waals surface area contributed by atoms with Crippen molar-refractivity contribution in [3.8, 4) is 23.0 Å². The van der Waals surface area contributed by atoms with E-state index in [-0.39, 0.29) is 28.8 Å².